The van der Waals surface area contributed by atoms with Crippen LogP contribution in [0.15, 0.2) is 47.5 Å². The fraction of sp³-hybridized carbons (Fsp3) is 0.188. The molecule has 2 aromatic rings. The van der Waals surface area contributed by atoms with Gasteiger partial charge in [-0.1, -0.05) is 23.7 Å². The van der Waals surface area contributed by atoms with Crippen molar-refractivity contribution in [3.05, 3.63) is 58.6 Å². The van der Waals surface area contributed by atoms with E-state index in [1.54, 1.807) is 31.5 Å². The highest BCUT2D eigenvalue weighted by Gasteiger charge is 2.04. The van der Waals surface area contributed by atoms with Crippen molar-refractivity contribution in [2.75, 3.05) is 7.11 Å². The average Bonchev–Trinajstić information content (AvgIpc) is 2.48. The number of hydrogen-bond donors (Lipinski definition) is 1. The van der Waals surface area contributed by atoms with Gasteiger partial charge in [-0.3, -0.25) is 4.99 Å². The molecule has 1 unspecified atom stereocenters. The third-order valence-corrected chi connectivity index (χ3v) is 3.26. The van der Waals surface area contributed by atoms with Gasteiger partial charge in [0, 0.05) is 16.8 Å². The number of aliphatic imine (C=N–C) groups is 1. The Labute approximate surface area is 123 Å². The van der Waals surface area contributed by atoms with Crippen molar-refractivity contribution >= 4 is 17.8 Å². The fourth-order valence-electron chi connectivity index (χ4n) is 1.79. The largest absolute Gasteiger partial charge is 0.507 e. The van der Waals surface area contributed by atoms with Crippen molar-refractivity contribution in [3.8, 4) is 11.5 Å². The Bertz CT molecular complexity index is 608. The molecule has 2 rings (SSSR count). The van der Waals surface area contributed by atoms with E-state index in [1.165, 1.54) is 0 Å². The van der Waals surface area contributed by atoms with Gasteiger partial charge in [0.2, 0.25) is 0 Å². The lowest BCUT2D eigenvalue weighted by atomic mass is 10.1. The fourth-order valence-corrected chi connectivity index (χ4v) is 1.97. The van der Waals surface area contributed by atoms with Gasteiger partial charge in [0.05, 0.1) is 13.2 Å². The number of halogens is 1. The molecule has 0 saturated heterocycles. The van der Waals surface area contributed by atoms with E-state index >= 15 is 0 Å². The lowest BCUT2D eigenvalue weighted by Gasteiger charge is -2.08. The van der Waals surface area contributed by atoms with Crippen molar-refractivity contribution in [3.63, 3.8) is 0 Å². The molecule has 2 aromatic carbocycles. The van der Waals surface area contributed by atoms with E-state index in [0.29, 0.717) is 10.6 Å². The maximum atomic E-state index is 9.72. The number of benzene rings is 2. The molecule has 0 aromatic heterocycles. The molecule has 1 atom stereocenters. The molecule has 0 heterocycles. The molecule has 0 amide bonds. The van der Waals surface area contributed by atoms with Crippen molar-refractivity contribution in [1.82, 2.24) is 0 Å². The quantitative estimate of drug-likeness (QED) is 0.856. The molecule has 0 aliphatic rings. The predicted molar refractivity (Wildman–Crippen MR) is 82.1 cm³/mol. The highest BCUT2D eigenvalue weighted by atomic mass is 35.5. The number of rotatable bonds is 4. The molecular weight excluding hydrogens is 274 g/mol. The Kier molecular flexibility index (Phi) is 4.64. The maximum Gasteiger partial charge on any atom is 0.124 e. The van der Waals surface area contributed by atoms with Crippen LogP contribution in [-0.2, 0) is 0 Å². The first kappa shape index (κ1) is 14.4. The van der Waals surface area contributed by atoms with E-state index < -0.39 is 0 Å². The first-order valence-electron chi connectivity index (χ1n) is 6.26. The maximum absolute atomic E-state index is 9.72. The zero-order valence-corrected chi connectivity index (χ0v) is 12.1. The Morgan fingerprint density at radius 2 is 1.90 bits per heavy atom. The minimum Gasteiger partial charge on any atom is -0.507 e. The molecule has 0 bridgehead atoms. The normalized spacial score (nSPS) is 12.6. The lowest BCUT2D eigenvalue weighted by molar-refractivity contribution is 0.414. The number of methoxy groups -OCH3 is 1. The molecule has 104 valence electrons. The molecule has 4 heteroatoms. The summed E-state index contributed by atoms with van der Waals surface area (Å²) >= 11 is 5.90. The topological polar surface area (TPSA) is 41.8 Å². The average molecular weight is 290 g/mol. The third kappa shape index (κ3) is 3.52. The molecule has 0 aliphatic carbocycles. The van der Waals surface area contributed by atoms with Crippen LogP contribution in [0.25, 0.3) is 0 Å². The number of ether oxygens (including phenoxy) is 1. The number of aromatic hydroxyl groups is 1. The van der Waals surface area contributed by atoms with Crippen LogP contribution in [0.4, 0.5) is 0 Å². The van der Waals surface area contributed by atoms with Gasteiger partial charge in [-0.2, -0.15) is 0 Å². The van der Waals surface area contributed by atoms with Crippen LogP contribution in [0, 0.1) is 0 Å². The monoisotopic (exact) mass is 289 g/mol. The van der Waals surface area contributed by atoms with Crippen LogP contribution in [0.3, 0.4) is 0 Å². The highest BCUT2D eigenvalue weighted by molar-refractivity contribution is 6.30. The van der Waals surface area contributed by atoms with E-state index in [2.05, 4.69) is 4.99 Å². The predicted octanol–water partition coefficient (Wildman–Crippen LogP) is 4.23. The number of phenolic OH excluding ortho intramolecular Hbond substituents is 1. The van der Waals surface area contributed by atoms with E-state index in [9.17, 15) is 5.11 Å². The van der Waals surface area contributed by atoms with Gasteiger partial charge in [-0.15, -0.1) is 0 Å². The minimum absolute atomic E-state index is 0.0145. The minimum atomic E-state index is -0.0145. The molecule has 0 saturated carbocycles. The lowest BCUT2D eigenvalue weighted by Crippen LogP contribution is -1.92. The summed E-state index contributed by atoms with van der Waals surface area (Å²) in [5.74, 6) is 0.984. The Morgan fingerprint density at radius 1 is 1.20 bits per heavy atom. The summed E-state index contributed by atoms with van der Waals surface area (Å²) < 4.78 is 5.12. The Balaban J connectivity index is 2.15. The van der Waals surface area contributed by atoms with Gasteiger partial charge in [0.1, 0.15) is 11.5 Å². The second-order valence-corrected chi connectivity index (χ2v) is 4.87. The Morgan fingerprint density at radius 3 is 2.55 bits per heavy atom. The molecular formula is C16H16ClNO2. The third-order valence-electron chi connectivity index (χ3n) is 3.03. The molecule has 0 fully saturated rings. The van der Waals surface area contributed by atoms with Gasteiger partial charge >= 0.3 is 0 Å². The van der Waals surface area contributed by atoms with Gasteiger partial charge in [-0.25, -0.2) is 0 Å². The second kappa shape index (κ2) is 6.44. The summed E-state index contributed by atoms with van der Waals surface area (Å²) in [5.41, 5.74) is 1.68. The van der Waals surface area contributed by atoms with E-state index in [-0.39, 0.29) is 11.8 Å². The molecule has 20 heavy (non-hydrogen) atoms. The van der Waals surface area contributed by atoms with Crippen LogP contribution in [0.1, 0.15) is 24.1 Å². The SMILES string of the molecule is COc1ccc(C(C)N=Cc2cc(Cl)ccc2O)cc1. The molecule has 3 nitrogen and oxygen atoms in total. The van der Waals surface area contributed by atoms with E-state index in [4.69, 9.17) is 16.3 Å². The van der Waals surface area contributed by atoms with Crippen molar-refractivity contribution in [2.24, 2.45) is 4.99 Å². The first-order valence-corrected chi connectivity index (χ1v) is 6.63. The van der Waals surface area contributed by atoms with Crippen LogP contribution < -0.4 is 4.74 Å². The highest BCUT2D eigenvalue weighted by Crippen LogP contribution is 2.23. The zero-order valence-electron chi connectivity index (χ0n) is 11.4. The van der Waals surface area contributed by atoms with Gasteiger partial charge in [0.25, 0.3) is 0 Å². The summed E-state index contributed by atoms with van der Waals surface area (Å²) in [7, 11) is 1.64. The standard InChI is InChI=1S/C16H16ClNO2/c1-11(12-3-6-15(20-2)7-4-12)18-10-13-9-14(17)5-8-16(13)19/h3-11,19H,1-2H3. The number of phenols is 1. The number of hydrogen-bond acceptors (Lipinski definition) is 3. The zero-order chi connectivity index (χ0) is 14.5. The van der Waals surface area contributed by atoms with Gasteiger partial charge in [0.15, 0.2) is 0 Å². The summed E-state index contributed by atoms with van der Waals surface area (Å²) in [6.45, 7) is 1.99. The molecule has 0 radical (unpaired) electrons. The van der Waals surface area contributed by atoms with E-state index in [1.807, 2.05) is 31.2 Å². The Hall–Kier alpha value is -2.00. The molecule has 1 N–H and O–H groups in total. The summed E-state index contributed by atoms with van der Waals surface area (Å²) in [4.78, 5) is 4.44. The van der Waals surface area contributed by atoms with E-state index in [0.717, 1.165) is 11.3 Å². The molecule has 0 spiro atoms. The van der Waals surface area contributed by atoms with Crippen molar-refractivity contribution in [2.45, 2.75) is 13.0 Å². The summed E-state index contributed by atoms with van der Waals surface area (Å²) in [5, 5.41) is 10.3. The van der Waals surface area contributed by atoms with Crippen molar-refractivity contribution < 1.29 is 9.84 Å². The van der Waals surface area contributed by atoms with Crippen LogP contribution >= 0.6 is 11.6 Å². The van der Waals surface area contributed by atoms with Gasteiger partial charge < -0.3 is 9.84 Å². The smallest absolute Gasteiger partial charge is 0.124 e. The van der Waals surface area contributed by atoms with Gasteiger partial charge in [-0.05, 0) is 42.8 Å². The van der Waals surface area contributed by atoms with Crippen LogP contribution in [0.2, 0.25) is 5.02 Å². The van der Waals surface area contributed by atoms with Crippen molar-refractivity contribution in [1.29, 1.82) is 0 Å². The summed E-state index contributed by atoms with van der Waals surface area (Å²) in [6, 6.07) is 12.6. The second-order valence-electron chi connectivity index (χ2n) is 4.43. The molecule has 0 aliphatic heterocycles. The number of nitrogens with zero attached hydrogens (tertiary/aromatic N) is 1. The van der Waals surface area contributed by atoms with Crippen LogP contribution in [-0.4, -0.2) is 18.4 Å². The first-order chi connectivity index (χ1) is 9.60. The van der Waals surface area contributed by atoms with Crippen LogP contribution in [0.5, 0.6) is 11.5 Å². The summed E-state index contributed by atoms with van der Waals surface area (Å²) in [6.07, 6.45) is 1.64.